The zero-order valence-electron chi connectivity index (χ0n) is 8.30. The highest BCUT2D eigenvalue weighted by atomic mass is 32.2. The lowest BCUT2D eigenvalue weighted by Crippen LogP contribution is -2.37. The average Bonchev–Trinajstić information content (AvgIpc) is 2.88. The summed E-state index contributed by atoms with van der Waals surface area (Å²) in [5.74, 6) is 0. The summed E-state index contributed by atoms with van der Waals surface area (Å²) in [5, 5.41) is 6.37. The van der Waals surface area contributed by atoms with Crippen LogP contribution in [0.5, 0.6) is 0 Å². The molecule has 0 saturated heterocycles. The second-order valence-corrected chi connectivity index (χ2v) is 4.79. The van der Waals surface area contributed by atoms with Crippen molar-refractivity contribution in [1.82, 2.24) is 10.6 Å². The van der Waals surface area contributed by atoms with Gasteiger partial charge in [-0.2, -0.15) is 11.8 Å². The smallest absolute Gasteiger partial charge is 0.315 e. The van der Waals surface area contributed by atoms with Gasteiger partial charge in [-0.15, -0.1) is 0 Å². The van der Waals surface area contributed by atoms with Gasteiger partial charge in [0.2, 0.25) is 0 Å². The van der Waals surface area contributed by atoms with E-state index in [-0.39, 0.29) is 6.03 Å². The minimum Gasteiger partial charge on any atom is -0.338 e. The van der Waals surface area contributed by atoms with Gasteiger partial charge in [-0.1, -0.05) is 6.92 Å². The van der Waals surface area contributed by atoms with Gasteiger partial charge in [-0.25, -0.2) is 4.79 Å². The van der Waals surface area contributed by atoms with Crippen molar-refractivity contribution in [3.05, 3.63) is 0 Å². The molecule has 0 aromatic rings. The van der Waals surface area contributed by atoms with E-state index in [2.05, 4.69) is 23.8 Å². The summed E-state index contributed by atoms with van der Waals surface area (Å²) in [5.41, 5.74) is 0. The number of hydrogen-bond acceptors (Lipinski definition) is 2. The van der Waals surface area contributed by atoms with E-state index < -0.39 is 0 Å². The van der Waals surface area contributed by atoms with Crippen molar-refractivity contribution in [1.29, 1.82) is 0 Å². The highest BCUT2D eigenvalue weighted by Gasteiger charge is 2.22. The minimum atomic E-state index is -0.00389. The Morgan fingerprint density at radius 1 is 1.62 bits per heavy atom. The Morgan fingerprint density at radius 3 is 2.85 bits per heavy atom. The van der Waals surface area contributed by atoms with Gasteiger partial charge in [0.15, 0.2) is 0 Å². The van der Waals surface area contributed by atoms with E-state index in [9.17, 15) is 4.79 Å². The first kappa shape index (κ1) is 10.7. The maximum Gasteiger partial charge on any atom is 0.315 e. The highest BCUT2D eigenvalue weighted by Crippen LogP contribution is 2.18. The molecule has 2 amide bonds. The zero-order chi connectivity index (χ0) is 9.68. The molecule has 0 aliphatic heterocycles. The van der Waals surface area contributed by atoms with Crippen LogP contribution >= 0.6 is 11.8 Å². The van der Waals surface area contributed by atoms with Crippen LogP contribution in [0.15, 0.2) is 0 Å². The van der Waals surface area contributed by atoms with E-state index in [1.807, 2.05) is 11.8 Å². The van der Waals surface area contributed by atoms with E-state index in [1.54, 1.807) is 0 Å². The predicted molar refractivity (Wildman–Crippen MR) is 57.2 cm³/mol. The molecule has 0 spiro atoms. The summed E-state index contributed by atoms with van der Waals surface area (Å²) in [6.45, 7) is 2.95. The monoisotopic (exact) mass is 202 g/mol. The molecule has 76 valence electrons. The van der Waals surface area contributed by atoms with Crippen LogP contribution in [0.25, 0.3) is 0 Å². The summed E-state index contributed by atoms with van der Waals surface area (Å²) >= 11 is 1.83. The predicted octanol–water partition coefficient (Wildman–Crippen LogP) is 1.59. The van der Waals surface area contributed by atoms with E-state index in [0.717, 1.165) is 25.8 Å². The topological polar surface area (TPSA) is 41.1 Å². The number of nitrogens with one attached hydrogen (secondary N) is 2. The van der Waals surface area contributed by atoms with E-state index in [4.69, 9.17) is 0 Å². The van der Waals surface area contributed by atoms with Crippen LogP contribution in [-0.4, -0.2) is 30.1 Å². The van der Waals surface area contributed by atoms with Crippen molar-refractivity contribution in [2.24, 2.45) is 0 Å². The van der Waals surface area contributed by atoms with Gasteiger partial charge in [0.05, 0.1) is 0 Å². The normalized spacial score (nSPS) is 18.0. The van der Waals surface area contributed by atoms with Gasteiger partial charge in [-0.3, -0.25) is 0 Å². The lowest BCUT2D eigenvalue weighted by molar-refractivity contribution is 0.240. The van der Waals surface area contributed by atoms with E-state index >= 15 is 0 Å². The lowest BCUT2D eigenvalue weighted by atomic mass is 10.3. The van der Waals surface area contributed by atoms with Crippen molar-refractivity contribution in [3.63, 3.8) is 0 Å². The van der Waals surface area contributed by atoms with Gasteiger partial charge < -0.3 is 10.6 Å². The highest BCUT2D eigenvalue weighted by molar-refractivity contribution is 7.99. The second kappa shape index (κ2) is 5.37. The lowest BCUT2D eigenvalue weighted by Gasteiger charge is -2.09. The Labute approximate surface area is 84.0 Å². The minimum absolute atomic E-state index is 0.00389. The molecule has 4 heteroatoms. The van der Waals surface area contributed by atoms with E-state index in [0.29, 0.717) is 11.3 Å². The molecule has 0 radical (unpaired) electrons. The molecule has 0 aromatic carbocycles. The quantitative estimate of drug-likeness (QED) is 0.711. The largest absolute Gasteiger partial charge is 0.338 e. The average molecular weight is 202 g/mol. The fourth-order valence-corrected chi connectivity index (χ4v) is 1.32. The summed E-state index contributed by atoms with van der Waals surface area (Å²) in [6.07, 6.45) is 5.43. The van der Waals surface area contributed by atoms with Crippen molar-refractivity contribution < 1.29 is 4.79 Å². The molecule has 1 saturated carbocycles. The van der Waals surface area contributed by atoms with Gasteiger partial charge >= 0.3 is 6.03 Å². The van der Waals surface area contributed by atoms with Crippen LogP contribution < -0.4 is 10.6 Å². The van der Waals surface area contributed by atoms with Crippen molar-refractivity contribution in [2.45, 2.75) is 37.5 Å². The van der Waals surface area contributed by atoms with E-state index in [1.165, 1.54) is 0 Å². The summed E-state index contributed by atoms with van der Waals surface area (Å²) in [6, 6.07) is 0.453. The molecule has 0 heterocycles. The molecule has 1 atom stereocenters. The first-order valence-corrected chi connectivity index (χ1v) is 6.08. The molecule has 13 heavy (non-hydrogen) atoms. The molecule has 2 N–H and O–H groups in total. The fraction of sp³-hybridized carbons (Fsp3) is 0.889. The zero-order valence-corrected chi connectivity index (χ0v) is 9.12. The molecule has 1 aliphatic carbocycles. The number of urea groups is 1. The van der Waals surface area contributed by atoms with Crippen LogP contribution in [0, 0.1) is 0 Å². The first-order valence-electron chi connectivity index (χ1n) is 4.79. The summed E-state index contributed by atoms with van der Waals surface area (Å²) in [4.78, 5) is 11.1. The number of thioether (sulfide) groups is 1. The Kier molecular flexibility index (Phi) is 4.42. The standard InChI is InChI=1S/C9H18N2OS/c1-7(13-2)5-6-10-9(12)11-8-3-4-8/h7-8H,3-6H2,1-2H3,(H2,10,11,12). The maximum atomic E-state index is 11.1. The van der Waals surface area contributed by atoms with Crippen LogP contribution in [-0.2, 0) is 0 Å². The second-order valence-electron chi connectivity index (χ2n) is 3.51. The molecular weight excluding hydrogens is 184 g/mol. The maximum absolute atomic E-state index is 11.1. The van der Waals surface area contributed by atoms with Crippen LogP contribution in [0.4, 0.5) is 4.79 Å². The third-order valence-corrected chi connectivity index (χ3v) is 3.19. The third-order valence-electron chi connectivity index (χ3n) is 2.15. The third kappa shape index (κ3) is 5.03. The number of rotatable bonds is 5. The molecule has 1 aliphatic rings. The van der Waals surface area contributed by atoms with Crippen LogP contribution in [0.3, 0.4) is 0 Å². The Morgan fingerprint density at radius 2 is 2.31 bits per heavy atom. The van der Waals surface area contributed by atoms with Gasteiger partial charge in [0.25, 0.3) is 0 Å². The number of amides is 2. The van der Waals surface area contributed by atoms with Crippen molar-refractivity contribution >= 4 is 17.8 Å². The van der Waals surface area contributed by atoms with Crippen LogP contribution in [0.1, 0.15) is 26.2 Å². The number of hydrogen-bond donors (Lipinski definition) is 2. The molecule has 3 nitrogen and oxygen atoms in total. The van der Waals surface area contributed by atoms with Gasteiger partial charge in [0.1, 0.15) is 0 Å². The first-order chi connectivity index (χ1) is 6.22. The molecule has 1 fully saturated rings. The molecule has 1 rings (SSSR count). The SMILES string of the molecule is CSC(C)CCNC(=O)NC1CC1. The molecular formula is C9H18N2OS. The van der Waals surface area contributed by atoms with Crippen LogP contribution in [0.2, 0.25) is 0 Å². The van der Waals surface area contributed by atoms with Crippen molar-refractivity contribution in [3.8, 4) is 0 Å². The van der Waals surface area contributed by atoms with Crippen molar-refractivity contribution in [2.75, 3.05) is 12.8 Å². The summed E-state index contributed by atoms with van der Waals surface area (Å²) in [7, 11) is 0. The Bertz CT molecular complexity index is 171. The Hall–Kier alpha value is -0.380. The van der Waals surface area contributed by atoms with Gasteiger partial charge in [-0.05, 0) is 25.5 Å². The number of carbonyl (C=O) groups excluding carboxylic acids is 1. The molecule has 0 aromatic heterocycles. The number of carbonyl (C=O) groups is 1. The molecule has 0 bridgehead atoms. The fourth-order valence-electron chi connectivity index (χ4n) is 0.971. The Balaban J connectivity index is 1.94. The van der Waals surface area contributed by atoms with Gasteiger partial charge in [0, 0.05) is 17.8 Å². The molecule has 1 unspecified atom stereocenters. The summed E-state index contributed by atoms with van der Waals surface area (Å²) < 4.78 is 0.